The predicted molar refractivity (Wildman–Crippen MR) is 124 cm³/mol. The highest BCUT2D eigenvalue weighted by Gasteiger charge is 2.22. The van der Waals surface area contributed by atoms with Crippen LogP contribution < -0.4 is 5.32 Å². The molecule has 0 bridgehead atoms. The molecule has 1 aliphatic carbocycles. The molecule has 1 amide bonds. The lowest BCUT2D eigenvalue weighted by molar-refractivity contribution is 0.0950. The average molecular weight is 415 g/mol. The number of carbonyl (C=O) groups is 1. The summed E-state index contributed by atoms with van der Waals surface area (Å²) in [5.41, 5.74) is 7.83. The SMILES string of the molecule is CN1CCCC1CCNC(=O)c1ccc(-c2n[nH]c3c2CCCc2ccccc2-3)cc1. The molecule has 2 N–H and O–H groups in total. The Balaban J connectivity index is 1.29. The zero-order valence-electron chi connectivity index (χ0n) is 18.2. The number of H-pyrrole nitrogens is 1. The van der Waals surface area contributed by atoms with E-state index in [4.69, 9.17) is 0 Å². The minimum absolute atomic E-state index is 0.00184. The number of rotatable bonds is 5. The second-order valence-corrected chi connectivity index (χ2v) is 8.84. The maximum Gasteiger partial charge on any atom is 0.251 e. The second-order valence-electron chi connectivity index (χ2n) is 8.84. The first kappa shape index (κ1) is 20.0. The Bertz CT molecular complexity index is 1070. The van der Waals surface area contributed by atoms with Crippen LogP contribution in [0.25, 0.3) is 22.5 Å². The Kier molecular flexibility index (Phi) is 5.60. The van der Waals surface area contributed by atoms with Crippen LogP contribution in [0, 0.1) is 0 Å². The van der Waals surface area contributed by atoms with Crippen LogP contribution in [0.3, 0.4) is 0 Å². The van der Waals surface area contributed by atoms with E-state index in [0.717, 1.165) is 49.2 Å². The number of nitrogens with zero attached hydrogens (tertiary/aromatic N) is 2. The number of aryl methyl sites for hydroxylation is 1. The van der Waals surface area contributed by atoms with Crippen molar-refractivity contribution in [3.63, 3.8) is 0 Å². The molecule has 5 nitrogen and oxygen atoms in total. The van der Waals surface area contributed by atoms with E-state index in [1.165, 1.54) is 36.1 Å². The second kappa shape index (κ2) is 8.67. The van der Waals surface area contributed by atoms with E-state index >= 15 is 0 Å². The highest BCUT2D eigenvalue weighted by Crippen LogP contribution is 2.36. The molecule has 1 aliphatic heterocycles. The number of aromatic nitrogens is 2. The molecule has 160 valence electrons. The van der Waals surface area contributed by atoms with Crippen LogP contribution >= 0.6 is 0 Å². The Morgan fingerprint density at radius 3 is 2.77 bits per heavy atom. The van der Waals surface area contributed by atoms with Crippen LogP contribution in [0.1, 0.15) is 47.2 Å². The summed E-state index contributed by atoms with van der Waals surface area (Å²) in [6.45, 7) is 1.89. The Morgan fingerprint density at radius 2 is 1.97 bits per heavy atom. The van der Waals surface area contributed by atoms with E-state index < -0.39 is 0 Å². The van der Waals surface area contributed by atoms with Gasteiger partial charge >= 0.3 is 0 Å². The molecule has 1 atom stereocenters. The smallest absolute Gasteiger partial charge is 0.251 e. The topological polar surface area (TPSA) is 61.0 Å². The fourth-order valence-corrected chi connectivity index (χ4v) is 5.09. The van der Waals surface area contributed by atoms with Gasteiger partial charge in [0, 0.05) is 34.8 Å². The minimum atomic E-state index is 0.00184. The van der Waals surface area contributed by atoms with Gasteiger partial charge in [0.05, 0.1) is 11.4 Å². The fourth-order valence-electron chi connectivity index (χ4n) is 5.09. The number of fused-ring (bicyclic) bond motifs is 3. The number of hydrogen-bond donors (Lipinski definition) is 2. The van der Waals surface area contributed by atoms with Crippen LogP contribution in [0.4, 0.5) is 0 Å². The molecule has 3 aromatic rings. The third-order valence-electron chi connectivity index (χ3n) is 6.88. The monoisotopic (exact) mass is 414 g/mol. The van der Waals surface area contributed by atoms with Crippen molar-refractivity contribution in [1.29, 1.82) is 0 Å². The molecule has 1 fully saturated rings. The number of benzene rings is 2. The van der Waals surface area contributed by atoms with E-state index in [1.807, 2.05) is 24.3 Å². The van der Waals surface area contributed by atoms with Gasteiger partial charge in [0.15, 0.2) is 0 Å². The Morgan fingerprint density at radius 1 is 1.13 bits per heavy atom. The maximum atomic E-state index is 12.6. The number of likely N-dealkylation sites (tertiary alicyclic amines) is 1. The number of carbonyl (C=O) groups excluding carboxylic acids is 1. The molecule has 0 radical (unpaired) electrons. The summed E-state index contributed by atoms with van der Waals surface area (Å²) in [7, 11) is 2.17. The van der Waals surface area contributed by atoms with Gasteiger partial charge in [-0.05, 0) is 69.8 Å². The maximum absolute atomic E-state index is 12.6. The zero-order chi connectivity index (χ0) is 21.2. The van der Waals surface area contributed by atoms with Crippen molar-refractivity contribution in [2.24, 2.45) is 0 Å². The van der Waals surface area contributed by atoms with Gasteiger partial charge in [0.25, 0.3) is 5.91 Å². The van der Waals surface area contributed by atoms with Crippen LogP contribution in [0.2, 0.25) is 0 Å². The van der Waals surface area contributed by atoms with Gasteiger partial charge in [-0.2, -0.15) is 5.10 Å². The van der Waals surface area contributed by atoms with Crippen molar-refractivity contribution in [3.8, 4) is 22.5 Å². The van der Waals surface area contributed by atoms with Crippen molar-refractivity contribution in [2.45, 2.75) is 44.6 Å². The normalized spacial score (nSPS) is 18.3. The molecule has 1 unspecified atom stereocenters. The molecule has 2 heterocycles. The lowest BCUT2D eigenvalue weighted by Gasteiger charge is -2.19. The van der Waals surface area contributed by atoms with E-state index in [0.29, 0.717) is 11.6 Å². The fraction of sp³-hybridized carbons (Fsp3) is 0.385. The van der Waals surface area contributed by atoms with Gasteiger partial charge in [-0.15, -0.1) is 0 Å². The molecule has 0 spiro atoms. The Hall–Kier alpha value is -2.92. The van der Waals surface area contributed by atoms with Crippen molar-refractivity contribution in [2.75, 3.05) is 20.1 Å². The number of nitrogens with one attached hydrogen (secondary N) is 2. The quantitative estimate of drug-likeness (QED) is 0.649. The molecule has 0 saturated carbocycles. The number of aromatic amines is 1. The van der Waals surface area contributed by atoms with Crippen molar-refractivity contribution in [3.05, 3.63) is 65.2 Å². The predicted octanol–water partition coefficient (Wildman–Crippen LogP) is 4.45. The van der Waals surface area contributed by atoms with Gasteiger partial charge in [-0.25, -0.2) is 0 Å². The van der Waals surface area contributed by atoms with Crippen LogP contribution in [0.15, 0.2) is 48.5 Å². The van der Waals surface area contributed by atoms with E-state index in [9.17, 15) is 4.79 Å². The summed E-state index contributed by atoms with van der Waals surface area (Å²) in [5.74, 6) is 0.00184. The number of hydrogen-bond acceptors (Lipinski definition) is 3. The van der Waals surface area contributed by atoms with Crippen LogP contribution in [-0.2, 0) is 12.8 Å². The molecular weight excluding hydrogens is 384 g/mol. The average Bonchev–Trinajstić information content (AvgIpc) is 3.35. The molecule has 5 rings (SSSR count). The third-order valence-corrected chi connectivity index (χ3v) is 6.88. The van der Waals surface area contributed by atoms with Gasteiger partial charge < -0.3 is 10.2 Å². The minimum Gasteiger partial charge on any atom is -0.352 e. The molecule has 5 heteroatoms. The highest BCUT2D eigenvalue weighted by atomic mass is 16.1. The number of amides is 1. The first-order valence-corrected chi connectivity index (χ1v) is 11.4. The van der Waals surface area contributed by atoms with Crippen molar-refractivity contribution >= 4 is 5.91 Å². The largest absolute Gasteiger partial charge is 0.352 e. The van der Waals surface area contributed by atoms with Gasteiger partial charge in [0.1, 0.15) is 0 Å². The summed E-state index contributed by atoms with van der Waals surface area (Å²) in [5, 5.41) is 11.0. The van der Waals surface area contributed by atoms with E-state index in [-0.39, 0.29) is 5.91 Å². The highest BCUT2D eigenvalue weighted by molar-refractivity contribution is 5.94. The summed E-state index contributed by atoms with van der Waals surface area (Å²) >= 11 is 0. The molecule has 1 aromatic heterocycles. The third kappa shape index (κ3) is 4.02. The molecule has 2 aromatic carbocycles. The summed E-state index contributed by atoms with van der Waals surface area (Å²) in [6.07, 6.45) is 6.73. The first-order valence-electron chi connectivity index (χ1n) is 11.4. The van der Waals surface area contributed by atoms with Gasteiger partial charge in [0.2, 0.25) is 0 Å². The summed E-state index contributed by atoms with van der Waals surface area (Å²) < 4.78 is 0. The lowest BCUT2D eigenvalue weighted by atomic mass is 9.99. The molecular formula is C26H30N4O. The van der Waals surface area contributed by atoms with Crippen molar-refractivity contribution in [1.82, 2.24) is 20.4 Å². The first-order chi connectivity index (χ1) is 15.2. The standard InChI is InChI=1S/C26H30N4O/c1-30-17-5-8-21(30)15-16-27-26(31)20-13-11-19(12-14-20)24-23-10-4-7-18-6-2-3-9-22(18)25(23)29-28-24/h2-3,6,9,11-14,21H,4-5,7-8,10,15-17H2,1H3,(H,27,31)(H,28,29). The van der Waals surface area contributed by atoms with E-state index in [2.05, 4.69) is 51.7 Å². The van der Waals surface area contributed by atoms with Crippen LogP contribution in [0.5, 0.6) is 0 Å². The van der Waals surface area contributed by atoms with Gasteiger partial charge in [-0.3, -0.25) is 9.89 Å². The molecule has 2 aliphatic rings. The van der Waals surface area contributed by atoms with Crippen molar-refractivity contribution < 1.29 is 4.79 Å². The van der Waals surface area contributed by atoms with E-state index in [1.54, 1.807) is 0 Å². The molecule has 1 saturated heterocycles. The van der Waals surface area contributed by atoms with Gasteiger partial charge in [-0.1, -0.05) is 36.4 Å². The summed E-state index contributed by atoms with van der Waals surface area (Å²) in [6, 6.07) is 17.1. The van der Waals surface area contributed by atoms with Crippen LogP contribution in [-0.4, -0.2) is 47.2 Å². The molecule has 31 heavy (non-hydrogen) atoms. The Labute approximate surface area is 183 Å². The summed E-state index contributed by atoms with van der Waals surface area (Å²) in [4.78, 5) is 15.0. The zero-order valence-corrected chi connectivity index (χ0v) is 18.2. The lowest BCUT2D eigenvalue weighted by Crippen LogP contribution is -2.31.